The zero-order valence-electron chi connectivity index (χ0n) is 11.5. The lowest BCUT2D eigenvalue weighted by molar-refractivity contribution is 0.617. The summed E-state index contributed by atoms with van der Waals surface area (Å²) in [6.07, 6.45) is 3.89. The second-order valence-electron chi connectivity index (χ2n) is 4.97. The average molecular weight is 241 g/mol. The van der Waals surface area contributed by atoms with Crippen molar-refractivity contribution in [3.05, 3.63) is 47.5 Å². The summed E-state index contributed by atoms with van der Waals surface area (Å²) in [5.74, 6) is 0. The summed E-state index contributed by atoms with van der Waals surface area (Å²) in [4.78, 5) is 0. The maximum Gasteiger partial charge on any atom is 0.0214 e. The molecule has 0 aromatic heterocycles. The lowest BCUT2D eigenvalue weighted by Gasteiger charge is -2.11. The molecule has 2 aromatic carbocycles. The molecule has 96 valence electrons. The second kappa shape index (κ2) is 6.55. The lowest BCUT2D eigenvalue weighted by Crippen LogP contribution is -2.15. The molecular weight excluding hydrogens is 218 g/mol. The SMILES string of the molecule is CCCCCNCc1c(C)ccc2ccccc12. The molecule has 0 bridgehead atoms. The number of nitrogens with one attached hydrogen (secondary N) is 1. The molecular formula is C17H23N. The van der Waals surface area contributed by atoms with E-state index in [9.17, 15) is 0 Å². The fourth-order valence-corrected chi connectivity index (χ4v) is 2.39. The standard InChI is InChI=1S/C17H23N/c1-3-4-7-12-18-13-17-14(2)10-11-15-8-5-6-9-16(15)17/h5-6,8-11,18H,3-4,7,12-13H2,1-2H3. The molecule has 1 nitrogen and oxygen atoms in total. The molecule has 0 saturated heterocycles. The van der Waals surface area contributed by atoms with Gasteiger partial charge in [-0.05, 0) is 41.8 Å². The minimum absolute atomic E-state index is 0.983. The maximum atomic E-state index is 3.57. The summed E-state index contributed by atoms with van der Waals surface area (Å²) in [6, 6.07) is 13.1. The van der Waals surface area contributed by atoms with Crippen LogP contribution < -0.4 is 5.32 Å². The van der Waals surface area contributed by atoms with Crippen molar-refractivity contribution in [1.82, 2.24) is 5.32 Å². The van der Waals surface area contributed by atoms with Gasteiger partial charge in [0.2, 0.25) is 0 Å². The van der Waals surface area contributed by atoms with Gasteiger partial charge in [0.05, 0.1) is 0 Å². The normalized spacial score (nSPS) is 11.0. The average Bonchev–Trinajstić information content (AvgIpc) is 2.41. The molecule has 1 N–H and O–H groups in total. The van der Waals surface area contributed by atoms with Crippen molar-refractivity contribution < 1.29 is 0 Å². The molecule has 0 heterocycles. The van der Waals surface area contributed by atoms with E-state index >= 15 is 0 Å². The van der Waals surface area contributed by atoms with Gasteiger partial charge in [0, 0.05) is 6.54 Å². The van der Waals surface area contributed by atoms with Crippen LogP contribution in [0.3, 0.4) is 0 Å². The maximum absolute atomic E-state index is 3.57. The Kier molecular flexibility index (Phi) is 4.77. The van der Waals surface area contributed by atoms with Gasteiger partial charge in [-0.2, -0.15) is 0 Å². The molecule has 0 spiro atoms. The van der Waals surface area contributed by atoms with Gasteiger partial charge in [-0.3, -0.25) is 0 Å². The summed E-state index contributed by atoms with van der Waals surface area (Å²) < 4.78 is 0. The van der Waals surface area contributed by atoms with Gasteiger partial charge >= 0.3 is 0 Å². The lowest BCUT2D eigenvalue weighted by atomic mass is 10.00. The summed E-state index contributed by atoms with van der Waals surface area (Å²) in [5, 5.41) is 6.30. The Bertz CT molecular complexity index is 502. The zero-order chi connectivity index (χ0) is 12.8. The Hall–Kier alpha value is -1.34. The van der Waals surface area contributed by atoms with Crippen molar-refractivity contribution in [3.63, 3.8) is 0 Å². The molecule has 0 aliphatic heterocycles. The van der Waals surface area contributed by atoms with Crippen LogP contribution in [0.25, 0.3) is 10.8 Å². The monoisotopic (exact) mass is 241 g/mol. The Morgan fingerprint density at radius 3 is 2.67 bits per heavy atom. The van der Waals surface area contributed by atoms with E-state index in [1.807, 2.05) is 0 Å². The molecule has 0 amide bonds. The highest BCUT2D eigenvalue weighted by Crippen LogP contribution is 2.21. The van der Waals surface area contributed by atoms with E-state index in [2.05, 4.69) is 55.6 Å². The fraction of sp³-hybridized carbons (Fsp3) is 0.412. The van der Waals surface area contributed by atoms with E-state index in [1.165, 1.54) is 41.2 Å². The van der Waals surface area contributed by atoms with Crippen molar-refractivity contribution in [2.24, 2.45) is 0 Å². The number of rotatable bonds is 6. The smallest absolute Gasteiger partial charge is 0.0214 e. The number of hydrogen-bond donors (Lipinski definition) is 1. The summed E-state index contributed by atoms with van der Waals surface area (Å²) >= 11 is 0. The van der Waals surface area contributed by atoms with E-state index in [0.717, 1.165) is 13.1 Å². The Balaban J connectivity index is 2.09. The first kappa shape index (κ1) is 13.1. The highest BCUT2D eigenvalue weighted by atomic mass is 14.8. The highest BCUT2D eigenvalue weighted by molar-refractivity contribution is 5.86. The Morgan fingerprint density at radius 1 is 1.00 bits per heavy atom. The van der Waals surface area contributed by atoms with Gasteiger partial charge in [-0.1, -0.05) is 56.2 Å². The van der Waals surface area contributed by atoms with Gasteiger partial charge in [0.25, 0.3) is 0 Å². The first-order valence-electron chi connectivity index (χ1n) is 7.01. The van der Waals surface area contributed by atoms with Gasteiger partial charge < -0.3 is 5.32 Å². The number of fused-ring (bicyclic) bond motifs is 1. The first-order chi connectivity index (χ1) is 8.83. The molecule has 0 unspecified atom stereocenters. The molecule has 0 aliphatic rings. The van der Waals surface area contributed by atoms with E-state index in [-0.39, 0.29) is 0 Å². The molecule has 18 heavy (non-hydrogen) atoms. The van der Waals surface area contributed by atoms with Gasteiger partial charge in [-0.25, -0.2) is 0 Å². The van der Waals surface area contributed by atoms with Crippen LogP contribution in [0, 0.1) is 6.92 Å². The molecule has 0 atom stereocenters. The third-order valence-corrected chi connectivity index (χ3v) is 3.53. The van der Waals surface area contributed by atoms with Crippen LogP contribution in [-0.2, 0) is 6.54 Å². The summed E-state index contributed by atoms with van der Waals surface area (Å²) in [5.41, 5.74) is 2.83. The predicted molar refractivity (Wildman–Crippen MR) is 79.9 cm³/mol. The first-order valence-corrected chi connectivity index (χ1v) is 7.01. The summed E-state index contributed by atoms with van der Waals surface area (Å²) in [6.45, 7) is 6.55. The topological polar surface area (TPSA) is 12.0 Å². The quantitative estimate of drug-likeness (QED) is 0.738. The Morgan fingerprint density at radius 2 is 1.83 bits per heavy atom. The number of unbranched alkanes of at least 4 members (excludes halogenated alkanes) is 2. The van der Waals surface area contributed by atoms with Gasteiger partial charge in [-0.15, -0.1) is 0 Å². The molecule has 2 rings (SSSR count). The number of hydrogen-bond acceptors (Lipinski definition) is 1. The molecule has 0 fully saturated rings. The van der Waals surface area contributed by atoms with Crippen LogP contribution in [0.4, 0.5) is 0 Å². The summed E-state index contributed by atoms with van der Waals surface area (Å²) in [7, 11) is 0. The van der Waals surface area contributed by atoms with Crippen LogP contribution >= 0.6 is 0 Å². The van der Waals surface area contributed by atoms with E-state index < -0.39 is 0 Å². The van der Waals surface area contributed by atoms with Crippen LogP contribution in [0.2, 0.25) is 0 Å². The van der Waals surface area contributed by atoms with E-state index in [4.69, 9.17) is 0 Å². The minimum atomic E-state index is 0.983. The number of benzene rings is 2. The van der Waals surface area contributed by atoms with Crippen molar-refractivity contribution in [2.75, 3.05) is 6.54 Å². The van der Waals surface area contributed by atoms with Crippen LogP contribution in [0.5, 0.6) is 0 Å². The number of aryl methyl sites for hydroxylation is 1. The van der Waals surface area contributed by atoms with E-state index in [0.29, 0.717) is 0 Å². The van der Waals surface area contributed by atoms with Crippen LogP contribution in [0.15, 0.2) is 36.4 Å². The molecule has 0 radical (unpaired) electrons. The van der Waals surface area contributed by atoms with E-state index in [1.54, 1.807) is 0 Å². The van der Waals surface area contributed by atoms with Gasteiger partial charge in [0.1, 0.15) is 0 Å². The van der Waals surface area contributed by atoms with Gasteiger partial charge in [0.15, 0.2) is 0 Å². The Labute approximate surface area is 110 Å². The fourth-order valence-electron chi connectivity index (χ4n) is 2.39. The molecule has 0 aliphatic carbocycles. The third-order valence-electron chi connectivity index (χ3n) is 3.53. The van der Waals surface area contributed by atoms with Crippen LogP contribution in [0.1, 0.15) is 37.3 Å². The molecule has 0 saturated carbocycles. The molecule has 2 aromatic rings. The van der Waals surface area contributed by atoms with Crippen molar-refractivity contribution in [1.29, 1.82) is 0 Å². The third kappa shape index (κ3) is 3.11. The second-order valence-corrected chi connectivity index (χ2v) is 4.97. The van der Waals surface area contributed by atoms with Crippen molar-refractivity contribution >= 4 is 10.8 Å². The van der Waals surface area contributed by atoms with Crippen molar-refractivity contribution in [2.45, 2.75) is 39.7 Å². The highest BCUT2D eigenvalue weighted by Gasteiger charge is 2.03. The largest absolute Gasteiger partial charge is 0.313 e. The van der Waals surface area contributed by atoms with Crippen LogP contribution in [-0.4, -0.2) is 6.54 Å². The minimum Gasteiger partial charge on any atom is -0.313 e. The molecule has 1 heteroatoms. The zero-order valence-corrected chi connectivity index (χ0v) is 11.5. The van der Waals surface area contributed by atoms with Crippen molar-refractivity contribution in [3.8, 4) is 0 Å². The predicted octanol–water partition coefficient (Wildman–Crippen LogP) is 4.43.